The monoisotopic (exact) mass is 206 g/mol. The number of nitrogens with zero attached hydrogens (tertiary/aromatic N) is 2. The van der Waals surface area contributed by atoms with Crippen molar-refractivity contribution in [1.29, 1.82) is 0 Å². The maximum absolute atomic E-state index is 9.83. The molecule has 0 fully saturated rings. The van der Waals surface area contributed by atoms with E-state index in [0.717, 1.165) is 6.67 Å². The van der Waals surface area contributed by atoms with Gasteiger partial charge in [0.1, 0.15) is 0 Å². The second-order valence-corrected chi connectivity index (χ2v) is 4.84. The minimum Gasteiger partial charge on any atom is -0.389 e. The Balaban J connectivity index is 2.25. The Hall–Kier alpha value is -1.22. The second kappa shape index (κ2) is 3.42. The van der Waals surface area contributed by atoms with Gasteiger partial charge in [0, 0.05) is 13.6 Å². The van der Waals surface area contributed by atoms with Gasteiger partial charge in [0.05, 0.1) is 23.6 Å². The molecule has 0 aromatic heterocycles. The Kier molecular flexibility index (Phi) is 2.35. The van der Waals surface area contributed by atoms with Crippen LogP contribution < -0.4 is 9.80 Å². The van der Waals surface area contributed by atoms with Gasteiger partial charge in [-0.05, 0) is 26.0 Å². The highest BCUT2D eigenvalue weighted by Crippen LogP contribution is 2.34. The summed E-state index contributed by atoms with van der Waals surface area (Å²) in [5.41, 5.74) is 1.79. The second-order valence-electron chi connectivity index (χ2n) is 4.84. The molecule has 0 saturated carbocycles. The van der Waals surface area contributed by atoms with Gasteiger partial charge < -0.3 is 14.9 Å². The number of aliphatic hydroxyl groups is 1. The number of hydrogen-bond donors (Lipinski definition) is 1. The van der Waals surface area contributed by atoms with Crippen molar-refractivity contribution in [2.24, 2.45) is 0 Å². The third-order valence-electron chi connectivity index (χ3n) is 2.59. The Morgan fingerprint density at radius 2 is 1.87 bits per heavy atom. The van der Waals surface area contributed by atoms with Crippen molar-refractivity contribution in [3.63, 3.8) is 0 Å². The molecular formula is C12H18N2O. The van der Waals surface area contributed by atoms with Gasteiger partial charge in [-0.2, -0.15) is 0 Å². The average molecular weight is 206 g/mol. The molecule has 1 aromatic rings. The fourth-order valence-corrected chi connectivity index (χ4v) is 2.07. The first kappa shape index (κ1) is 10.3. The van der Waals surface area contributed by atoms with Gasteiger partial charge in [0.25, 0.3) is 0 Å². The molecule has 0 amide bonds. The quantitative estimate of drug-likeness (QED) is 0.797. The van der Waals surface area contributed by atoms with E-state index in [0.29, 0.717) is 6.54 Å². The molecular weight excluding hydrogens is 188 g/mol. The van der Waals surface area contributed by atoms with Crippen LogP contribution in [0, 0.1) is 0 Å². The van der Waals surface area contributed by atoms with Crippen LogP contribution in [-0.4, -0.2) is 31.0 Å². The Labute approximate surface area is 90.9 Å². The highest BCUT2D eigenvalue weighted by molar-refractivity contribution is 5.75. The van der Waals surface area contributed by atoms with E-state index in [1.807, 2.05) is 26.0 Å². The van der Waals surface area contributed by atoms with Crippen molar-refractivity contribution in [2.45, 2.75) is 19.4 Å². The third-order valence-corrected chi connectivity index (χ3v) is 2.59. The van der Waals surface area contributed by atoms with Gasteiger partial charge in [-0.15, -0.1) is 0 Å². The van der Waals surface area contributed by atoms with Crippen molar-refractivity contribution in [3.8, 4) is 0 Å². The maximum Gasteiger partial charge on any atom is 0.0902 e. The smallest absolute Gasteiger partial charge is 0.0902 e. The van der Waals surface area contributed by atoms with E-state index in [9.17, 15) is 5.11 Å². The predicted octanol–water partition coefficient (Wildman–Crippen LogP) is 1.67. The van der Waals surface area contributed by atoms with Crippen molar-refractivity contribution >= 4 is 11.4 Å². The van der Waals surface area contributed by atoms with Crippen LogP contribution in [0.5, 0.6) is 0 Å². The summed E-state index contributed by atoms with van der Waals surface area (Å²) >= 11 is 0. The molecule has 0 atom stereocenters. The summed E-state index contributed by atoms with van der Waals surface area (Å²) in [6.45, 7) is 5.19. The summed E-state index contributed by atoms with van der Waals surface area (Å²) in [5.74, 6) is 0. The van der Waals surface area contributed by atoms with Crippen LogP contribution in [0.4, 0.5) is 11.4 Å². The molecule has 0 bridgehead atoms. The van der Waals surface area contributed by atoms with E-state index in [-0.39, 0.29) is 0 Å². The summed E-state index contributed by atoms with van der Waals surface area (Å²) in [4.78, 5) is 4.40. The highest BCUT2D eigenvalue weighted by Gasteiger charge is 2.26. The predicted molar refractivity (Wildman–Crippen MR) is 63.4 cm³/mol. The van der Waals surface area contributed by atoms with Gasteiger partial charge in [-0.3, -0.25) is 0 Å². The van der Waals surface area contributed by atoms with Crippen LogP contribution in [0.2, 0.25) is 0 Å². The molecule has 1 heterocycles. The lowest BCUT2D eigenvalue weighted by Crippen LogP contribution is -2.40. The summed E-state index contributed by atoms with van der Waals surface area (Å²) in [5, 5.41) is 9.83. The van der Waals surface area contributed by atoms with Crippen LogP contribution in [-0.2, 0) is 0 Å². The average Bonchev–Trinajstić information content (AvgIpc) is 2.42. The maximum atomic E-state index is 9.83. The molecule has 0 spiro atoms. The first-order chi connectivity index (χ1) is 6.97. The number of para-hydroxylation sites is 2. The number of β-amino-alcohol motifs (C(OH)–C–C–N with tert-alkyl or cyclic N) is 1. The van der Waals surface area contributed by atoms with Crippen molar-refractivity contribution < 1.29 is 5.11 Å². The number of fused-ring (bicyclic) bond motifs is 1. The van der Waals surface area contributed by atoms with Crippen LogP contribution >= 0.6 is 0 Å². The number of benzene rings is 1. The van der Waals surface area contributed by atoms with Crippen LogP contribution in [0.15, 0.2) is 24.3 Å². The highest BCUT2D eigenvalue weighted by atomic mass is 16.3. The van der Waals surface area contributed by atoms with Crippen molar-refractivity contribution in [1.82, 2.24) is 0 Å². The molecule has 2 rings (SSSR count). The van der Waals surface area contributed by atoms with E-state index < -0.39 is 5.60 Å². The lowest BCUT2D eigenvalue weighted by Gasteiger charge is -2.27. The van der Waals surface area contributed by atoms with Crippen molar-refractivity contribution in [3.05, 3.63) is 24.3 Å². The Bertz CT molecular complexity index is 357. The van der Waals surface area contributed by atoms with Crippen LogP contribution in [0.25, 0.3) is 0 Å². The summed E-state index contributed by atoms with van der Waals surface area (Å²) in [7, 11) is 2.07. The first-order valence-corrected chi connectivity index (χ1v) is 5.25. The van der Waals surface area contributed by atoms with E-state index >= 15 is 0 Å². The summed E-state index contributed by atoms with van der Waals surface area (Å²) in [6, 6.07) is 8.29. The van der Waals surface area contributed by atoms with Gasteiger partial charge in [-0.1, -0.05) is 12.1 Å². The molecule has 82 valence electrons. The summed E-state index contributed by atoms with van der Waals surface area (Å²) in [6.07, 6.45) is 0. The minimum absolute atomic E-state index is 0.654. The van der Waals surface area contributed by atoms with Crippen LogP contribution in [0.1, 0.15) is 13.8 Å². The topological polar surface area (TPSA) is 26.7 Å². The van der Waals surface area contributed by atoms with E-state index in [1.165, 1.54) is 11.4 Å². The largest absolute Gasteiger partial charge is 0.389 e. The lowest BCUT2D eigenvalue weighted by molar-refractivity contribution is 0.0878. The van der Waals surface area contributed by atoms with Crippen molar-refractivity contribution in [2.75, 3.05) is 30.1 Å². The zero-order valence-corrected chi connectivity index (χ0v) is 9.57. The fraction of sp³-hybridized carbons (Fsp3) is 0.500. The fourth-order valence-electron chi connectivity index (χ4n) is 2.07. The molecule has 15 heavy (non-hydrogen) atoms. The van der Waals surface area contributed by atoms with E-state index in [1.54, 1.807) is 0 Å². The molecule has 1 aromatic carbocycles. The molecule has 1 N–H and O–H groups in total. The molecule has 0 radical (unpaired) electrons. The molecule has 1 aliphatic heterocycles. The Morgan fingerprint density at radius 3 is 2.47 bits per heavy atom. The van der Waals surface area contributed by atoms with E-state index in [2.05, 4.69) is 29.0 Å². The zero-order valence-electron chi connectivity index (χ0n) is 9.57. The van der Waals surface area contributed by atoms with E-state index in [4.69, 9.17) is 0 Å². The third kappa shape index (κ3) is 2.07. The molecule has 0 saturated heterocycles. The normalized spacial score (nSPS) is 15.7. The van der Waals surface area contributed by atoms with Gasteiger partial charge in [0.2, 0.25) is 0 Å². The van der Waals surface area contributed by atoms with Crippen LogP contribution in [0.3, 0.4) is 0 Å². The van der Waals surface area contributed by atoms with Gasteiger partial charge in [0.15, 0.2) is 0 Å². The lowest BCUT2D eigenvalue weighted by atomic mass is 10.1. The first-order valence-electron chi connectivity index (χ1n) is 5.25. The molecule has 1 aliphatic rings. The van der Waals surface area contributed by atoms with Gasteiger partial charge >= 0.3 is 0 Å². The number of anilines is 2. The molecule has 0 aliphatic carbocycles. The molecule has 3 heteroatoms. The molecule has 3 nitrogen and oxygen atoms in total. The number of rotatable bonds is 2. The number of hydrogen-bond acceptors (Lipinski definition) is 3. The van der Waals surface area contributed by atoms with Gasteiger partial charge in [-0.25, -0.2) is 0 Å². The Morgan fingerprint density at radius 1 is 1.27 bits per heavy atom. The summed E-state index contributed by atoms with van der Waals surface area (Å²) < 4.78 is 0. The molecule has 0 unspecified atom stereocenters. The zero-order chi connectivity index (χ0) is 11.1. The minimum atomic E-state index is -0.654. The standard InChI is InChI=1S/C12H18N2O/c1-12(2,15)8-14-9-13(3)10-6-4-5-7-11(10)14/h4-7,15H,8-9H2,1-3H3. The SMILES string of the molecule is CN1CN(CC(C)(C)O)c2ccccc21.